The first kappa shape index (κ1) is 21.8. The van der Waals surface area contributed by atoms with Crippen LogP contribution >= 0.6 is 0 Å². The van der Waals surface area contributed by atoms with Gasteiger partial charge < -0.3 is 4.42 Å². The third-order valence-corrected chi connectivity index (χ3v) is 7.55. The van der Waals surface area contributed by atoms with Crippen LogP contribution in [0.4, 0.5) is 0 Å². The van der Waals surface area contributed by atoms with E-state index in [4.69, 9.17) is 9.40 Å². The predicted molar refractivity (Wildman–Crippen MR) is 161 cm³/mol. The van der Waals surface area contributed by atoms with Crippen LogP contribution < -0.4 is 0 Å². The number of oxazole rings is 1. The average Bonchev–Trinajstić information content (AvgIpc) is 3.44. The van der Waals surface area contributed by atoms with Gasteiger partial charge in [-0.15, -0.1) is 0 Å². The molecule has 0 bridgehead atoms. The van der Waals surface area contributed by atoms with E-state index >= 15 is 0 Å². The monoisotopic (exact) mass is 498 g/mol. The highest BCUT2D eigenvalue weighted by Crippen LogP contribution is 2.45. The first-order valence-corrected chi connectivity index (χ1v) is 13.1. The van der Waals surface area contributed by atoms with Gasteiger partial charge in [-0.25, -0.2) is 4.98 Å². The first-order valence-electron chi connectivity index (χ1n) is 13.1. The molecule has 2 heterocycles. The van der Waals surface area contributed by atoms with E-state index in [0.29, 0.717) is 5.89 Å². The number of aromatic nitrogens is 2. The Morgan fingerprint density at radius 3 is 1.82 bits per heavy atom. The lowest BCUT2D eigenvalue weighted by Gasteiger charge is -2.18. The van der Waals surface area contributed by atoms with Crippen molar-refractivity contribution in [2.75, 3.05) is 0 Å². The first-order chi connectivity index (χ1) is 19.3. The summed E-state index contributed by atoms with van der Waals surface area (Å²) >= 11 is 0. The second-order valence-corrected chi connectivity index (χ2v) is 9.79. The molecule has 3 nitrogen and oxygen atoms in total. The number of hydrogen-bond donors (Lipinski definition) is 0. The molecule has 0 aliphatic rings. The minimum atomic E-state index is 0.635. The van der Waals surface area contributed by atoms with E-state index in [1.807, 2.05) is 36.5 Å². The van der Waals surface area contributed by atoms with Crippen LogP contribution in [0.1, 0.15) is 0 Å². The van der Waals surface area contributed by atoms with Gasteiger partial charge in [0.25, 0.3) is 0 Å². The Balaban J connectivity index is 1.38. The van der Waals surface area contributed by atoms with Crippen LogP contribution in [0.2, 0.25) is 0 Å². The maximum atomic E-state index is 6.02. The summed E-state index contributed by atoms with van der Waals surface area (Å²) in [4.78, 5) is 9.47. The van der Waals surface area contributed by atoms with Gasteiger partial charge >= 0.3 is 0 Å². The summed E-state index contributed by atoms with van der Waals surface area (Å²) in [6.45, 7) is 0. The molecule has 39 heavy (non-hydrogen) atoms. The number of pyridine rings is 1. The molecule has 0 unspecified atom stereocenters. The van der Waals surface area contributed by atoms with Crippen molar-refractivity contribution in [1.29, 1.82) is 0 Å². The van der Waals surface area contributed by atoms with Gasteiger partial charge in [0.15, 0.2) is 5.58 Å². The Morgan fingerprint density at radius 2 is 1.10 bits per heavy atom. The molecule has 0 radical (unpaired) electrons. The largest absolute Gasteiger partial charge is 0.436 e. The van der Waals surface area contributed by atoms with E-state index in [-0.39, 0.29) is 0 Å². The van der Waals surface area contributed by atoms with Crippen molar-refractivity contribution < 1.29 is 4.42 Å². The van der Waals surface area contributed by atoms with Gasteiger partial charge in [0, 0.05) is 22.7 Å². The SMILES string of the molecule is c1cnc2c(-c3c4ccccc4c(-c4ccc(-c5nc6ccccc6o5)cc4)c4ccccc34)cccc2c1. The van der Waals surface area contributed by atoms with Gasteiger partial charge in [-0.1, -0.05) is 97.1 Å². The second-order valence-electron chi connectivity index (χ2n) is 9.79. The van der Waals surface area contributed by atoms with Crippen LogP contribution in [0.3, 0.4) is 0 Å². The minimum Gasteiger partial charge on any atom is -0.436 e. The van der Waals surface area contributed by atoms with E-state index in [0.717, 1.165) is 38.7 Å². The van der Waals surface area contributed by atoms with Gasteiger partial charge in [-0.3, -0.25) is 4.98 Å². The molecule has 0 N–H and O–H groups in total. The Kier molecular flexibility index (Phi) is 4.82. The summed E-state index contributed by atoms with van der Waals surface area (Å²) in [6.07, 6.45) is 1.88. The summed E-state index contributed by atoms with van der Waals surface area (Å²) < 4.78 is 6.02. The molecule has 0 aliphatic heterocycles. The van der Waals surface area contributed by atoms with E-state index in [1.54, 1.807) is 0 Å². The summed E-state index contributed by atoms with van der Waals surface area (Å²) in [5.41, 5.74) is 8.40. The molecule has 0 saturated carbocycles. The van der Waals surface area contributed by atoms with Crippen LogP contribution in [0.15, 0.2) is 138 Å². The standard InChI is InChI=1S/C36H22N2O/c1-3-13-28-26(11-1)33(23-18-20-25(21-19-23)36-38-31-16-5-6-17-32(31)39-36)27-12-2-4-14-29(27)34(28)30-15-7-9-24-10-8-22-37-35(24)30/h1-22H. The molecule has 0 amide bonds. The van der Waals surface area contributed by atoms with E-state index in [2.05, 4.69) is 102 Å². The number of nitrogens with zero attached hydrogens (tertiary/aromatic N) is 2. The zero-order chi connectivity index (χ0) is 25.8. The Labute approximate surface area is 225 Å². The highest BCUT2D eigenvalue weighted by atomic mass is 16.3. The molecule has 0 saturated heterocycles. The molecule has 0 fully saturated rings. The molecule has 6 aromatic carbocycles. The molecule has 0 aliphatic carbocycles. The third-order valence-electron chi connectivity index (χ3n) is 7.55. The molecule has 8 aromatic rings. The van der Waals surface area contributed by atoms with Gasteiger partial charge in [0.05, 0.1) is 5.52 Å². The Morgan fingerprint density at radius 1 is 0.487 bits per heavy atom. The van der Waals surface area contributed by atoms with Crippen LogP contribution in [0, 0.1) is 0 Å². The number of fused-ring (bicyclic) bond motifs is 4. The van der Waals surface area contributed by atoms with Crippen LogP contribution in [-0.4, -0.2) is 9.97 Å². The van der Waals surface area contributed by atoms with Crippen molar-refractivity contribution in [2.45, 2.75) is 0 Å². The molecule has 182 valence electrons. The molecule has 0 spiro atoms. The van der Waals surface area contributed by atoms with E-state index in [9.17, 15) is 0 Å². The molecule has 3 heteroatoms. The number of rotatable bonds is 3. The van der Waals surface area contributed by atoms with Crippen molar-refractivity contribution in [1.82, 2.24) is 9.97 Å². The fraction of sp³-hybridized carbons (Fsp3) is 0. The van der Waals surface area contributed by atoms with Crippen LogP contribution in [0.25, 0.3) is 77.3 Å². The summed E-state index contributed by atoms with van der Waals surface area (Å²) in [6, 6.07) is 44.4. The van der Waals surface area contributed by atoms with Gasteiger partial charge in [-0.2, -0.15) is 0 Å². The summed E-state index contributed by atoms with van der Waals surface area (Å²) in [5, 5.41) is 6.00. The summed E-state index contributed by atoms with van der Waals surface area (Å²) in [7, 11) is 0. The smallest absolute Gasteiger partial charge is 0.227 e. The topological polar surface area (TPSA) is 38.9 Å². The van der Waals surface area contributed by atoms with Gasteiger partial charge in [0.2, 0.25) is 5.89 Å². The van der Waals surface area contributed by atoms with E-state index in [1.165, 1.54) is 32.7 Å². The molecular weight excluding hydrogens is 476 g/mol. The van der Waals surface area contributed by atoms with Crippen molar-refractivity contribution >= 4 is 43.5 Å². The fourth-order valence-electron chi connectivity index (χ4n) is 5.81. The van der Waals surface area contributed by atoms with Crippen molar-refractivity contribution in [3.8, 4) is 33.7 Å². The number of benzene rings is 6. The molecule has 2 aromatic heterocycles. The maximum Gasteiger partial charge on any atom is 0.227 e. The lowest BCUT2D eigenvalue weighted by molar-refractivity contribution is 0.620. The molecule has 8 rings (SSSR count). The fourth-order valence-corrected chi connectivity index (χ4v) is 5.81. The molecular formula is C36H22N2O. The average molecular weight is 499 g/mol. The Bertz CT molecular complexity index is 2080. The third kappa shape index (κ3) is 3.44. The summed E-state index contributed by atoms with van der Waals surface area (Å²) in [5.74, 6) is 0.635. The maximum absolute atomic E-state index is 6.02. The lowest BCUT2D eigenvalue weighted by Crippen LogP contribution is -1.92. The quantitative estimate of drug-likeness (QED) is 0.228. The zero-order valence-corrected chi connectivity index (χ0v) is 21.0. The Hall–Kier alpha value is -5.28. The highest BCUT2D eigenvalue weighted by Gasteiger charge is 2.18. The number of hydrogen-bond acceptors (Lipinski definition) is 3. The second kappa shape index (κ2) is 8.64. The van der Waals surface area contributed by atoms with Crippen molar-refractivity contribution in [2.24, 2.45) is 0 Å². The van der Waals surface area contributed by atoms with Crippen molar-refractivity contribution in [3.05, 3.63) is 134 Å². The van der Waals surface area contributed by atoms with Gasteiger partial charge in [0.1, 0.15) is 5.52 Å². The van der Waals surface area contributed by atoms with Crippen molar-refractivity contribution in [3.63, 3.8) is 0 Å². The zero-order valence-electron chi connectivity index (χ0n) is 21.0. The number of para-hydroxylation sites is 3. The predicted octanol–water partition coefficient (Wildman–Crippen LogP) is 9.68. The minimum absolute atomic E-state index is 0.635. The highest BCUT2D eigenvalue weighted by molar-refractivity contribution is 6.23. The normalized spacial score (nSPS) is 11.6. The lowest BCUT2D eigenvalue weighted by atomic mass is 9.85. The van der Waals surface area contributed by atoms with E-state index < -0.39 is 0 Å². The molecule has 0 atom stereocenters. The van der Waals surface area contributed by atoms with Gasteiger partial charge in [-0.05, 0) is 68.6 Å². The van der Waals surface area contributed by atoms with Crippen LogP contribution in [0.5, 0.6) is 0 Å². The van der Waals surface area contributed by atoms with Crippen LogP contribution in [-0.2, 0) is 0 Å².